The van der Waals surface area contributed by atoms with Crippen LogP contribution in [0.4, 0.5) is 11.4 Å². The van der Waals surface area contributed by atoms with E-state index in [-0.39, 0.29) is 11.8 Å². The summed E-state index contributed by atoms with van der Waals surface area (Å²) in [5, 5.41) is 6.42. The Bertz CT molecular complexity index is 892. The second-order valence-corrected chi connectivity index (χ2v) is 7.30. The van der Waals surface area contributed by atoms with E-state index < -0.39 is 11.5 Å². The van der Waals surface area contributed by atoms with Gasteiger partial charge in [-0.3, -0.25) is 9.59 Å². The molecule has 2 aromatic carbocycles. The van der Waals surface area contributed by atoms with Gasteiger partial charge in [-0.2, -0.15) is 0 Å². The molecule has 1 fully saturated rings. The number of hydrogen-bond acceptors (Lipinski definition) is 3. The summed E-state index contributed by atoms with van der Waals surface area (Å²) in [6.07, 6.45) is 2.07. The van der Waals surface area contributed by atoms with Gasteiger partial charge in [0, 0.05) is 10.7 Å². The lowest BCUT2D eigenvalue weighted by Crippen LogP contribution is -2.46. The molecule has 4 rings (SSSR count). The van der Waals surface area contributed by atoms with Crippen LogP contribution in [-0.4, -0.2) is 17.9 Å². The molecule has 0 aromatic heterocycles. The zero-order valence-electron chi connectivity index (χ0n) is 14.3. The minimum Gasteiger partial charge on any atom is -0.479 e. The van der Waals surface area contributed by atoms with E-state index in [1.54, 1.807) is 25.1 Å². The van der Waals surface area contributed by atoms with Crippen LogP contribution in [0.25, 0.3) is 0 Å². The number of halogens is 1. The summed E-state index contributed by atoms with van der Waals surface area (Å²) in [6, 6.07) is 12.8. The quantitative estimate of drug-likeness (QED) is 0.854. The minimum atomic E-state index is -0.547. The normalized spacial score (nSPS) is 20.2. The van der Waals surface area contributed by atoms with E-state index in [1.807, 2.05) is 24.3 Å². The van der Waals surface area contributed by atoms with Crippen LogP contribution in [0.2, 0.25) is 5.02 Å². The summed E-state index contributed by atoms with van der Waals surface area (Å²) >= 11 is 6.12. The maximum absolute atomic E-state index is 13.0. The fraction of sp³-hybridized carbons (Fsp3) is 0.300. The summed E-state index contributed by atoms with van der Waals surface area (Å²) in [5.74, 6) is 0.348. The molecule has 1 heterocycles. The largest absolute Gasteiger partial charge is 0.479 e. The summed E-state index contributed by atoms with van der Waals surface area (Å²) in [6.45, 7) is 1.69. The number of hydrogen-bond donors (Lipinski definition) is 2. The SMILES string of the molecule is CC1Oc2ccc(NC(=O)C3(c4cccc(Cl)c4)CCC3)cc2NC1=O. The number of nitrogens with one attached hydrogen (secondary N) is 2. The van der Waals surface area contributed by atoms with Crippen molar-refractivity contribution < 1.29 is 14.3 Å². The Labute approximate surface area is 156 Å². The molecule has 2 aliphatic rings. The molecule has 2 aromatic rings. The Hall–Kier alpha value is -2.53. The Morgan fingerprint density at radius 3 is 2.77 bits per heavy atom. The van der Waals surface area contributed by atoms with E-state index in [4.69, 9.17) is 16.3 Å². The molecule has 1 aliphatic heterocycles. The summed E-state index contributed by atoms with van der Waals surface area (Å²) in [7, 11) is 0. The second-order valence-electron chi connectivity index (χ2n) is 6.86. The molecule has 134 valence electrons. The van der Waals surface area contributed by atoms with Gasteiger partial charge in [0.2, 0.25) is 5.91 Å². The van der Waals surface area contributed by atoms with Gasteiger partial charge in [0.1, 0.15) is 5.75 Å². The molecule has 1 saturated carbocycles. The standard InChI is InChI=1S/C20H19ClN2O3/c1-12-18(24)23-16-11-15(6-7-17(16)26-12)22-19(25)20(8-3-9-20)13-4-2-5-14(21)10-13/h2,4-7,10-12H,3,8-9H2,1H3,(H,22,25)(H,23,24). The van der Waals surface area contributed by atoms with E-state index in [9.17, 15) is 9.59 Å². The molecule has 0 radical (unpaired) electrons. The van der Waals surface area contributed by atoms with Gasteiger partial charge in [0.25, 0.3) is 5.91 Å². The molecule has 2 amide bonds. The minimum absolute atomic E-state index is 0.0533. The Kier molecular flexibility index (Phi) is 4.11. The number of rotatable bonds is 3. The van der Waals surface area contributed by atoms with E-state index in [0.717, 1.165) is 24.8 Å². The first-order valence-electron chi connectivity index (χ1n) is 8.67. The van der Waals surface area contributed by atoms with Gasteiger partial charge in [-0.05, 0) is 55.7 Å². The van der Waals surface area contributed by atoms with Crippen molar-refractivity contribution in [1.82, 2.24) is 0 Å². The van der Waals surface area contributed by atoms with Crippen LogP contribution in [-0.2, 0) is 15.0 Å². The van der Waals surface area contributed by atoms with Crippen LogP contribution in [0.3, 0.4) is 0 Å². The van der Waals surface area contributed by atoms with Crippen LogP contribution in [0.1, 0.15) is 31.7 Å². The average Bonchev–Trinajstić information content (AvgIpc) is 2.55. The zero-order chi connectivity index (χ0) is 18.3. The van der Waals surface area contributed by atoms with E-state index in [1.165, 1.54) is 0 Å². The van der Waals surface area contributed by atoms with Crippen molar-refractivity contribution in [2.75, 3.05) is 10.6 Å². The molecule has 2 N–H and O–H groups in total. The lowest BCUT2D eigenvalue weighted by molar-refractivity contribution is -0.124. The first kappa shape index (κ1) is 16.9. The van der Waals surface area contributed by atoms with Gasteiger partial charge in [-0.25, -0.2) is 0 Å². The lowest BCUT2D eigenvalue weighted by atomic mass is 9.64. The molecule has 0 spiro atoms. The average molecular weight is 371 g/mol. The van der Waals surface area contributed by atoms with Crippen LogP contribution in [0, 0.1) is 0 Å². The highest BCUT2D eigenvalue weighted by molar-refractivity contribution is 6.30. The smallest absolute Gasteiger partial charge is 0.265 e. The van der Waals surface area contributed by atoms with E-state index >= 15 is 0 Å². The number of fused-ring (bicyclic) bond motifs is 1. The predicted octanol–water partition coefficient (Wildman–Crippen LogP) is 4.12. The van der Waals surface area contributed by atoms with Crippen molar-refractivity contribution in [3.63, 3.8) is 0 Å². The number of ether oxygens (including phenoxy) is 1. The van der Waals surface area contributed by atoms with Crippen molar-refractivity contribution in [2.45, 2.75) is 37.7 Å². The van der Waals surface area contributed by atoms with Crippen molar-refractivity contribution in [2.24, 2.45) is 0 Å². The molecule has 1 aliphatic carbocycles. The Morgan fingerprint density at radius 1 is 1.27 bits per heavy atom. The van der Waals surface area contributed by atoms with Gasteiger partial charge < -0.3 is 15.4 Å². The molecular formula is C20H19ClN2O3. The molecule has 5 nitrogen and oxygen atoms in total. The van der Waals surface area contributed by atoms with Gasteiger partial charge in [-0.15, -0.1) is 0 Å². The second kappa shape index (κ2) is 6.32. The Morgan fingerprint density at radius 2 is 2.08 bits per heavy atom. The van der Waals surface area contributed by atoms with Crippen LogP contribution < -0.4 is 15.4 Å². The molecule has 26 heavy (non-hydrogen) atoms. The number of carbonyl (C=O) groups is 2. The van der Waals surface area contributed by atoms with Crippen LogP contribution in [0.15, 0.2) is 42.5 Å². The number of anilines is 2. The van der Waals surface area contributed by atoms with Gasteiger partial charge in [-0.1, -0.05) is 30.2 Å². The maximum atomic E-state index is 13.0. The molecule has 6 heteroatoms. The molecular weight excluding hydrogens is 352 g/mol. The summed E-state index contributed by atoms with van der Waals surface area (Å²) in [5.41, 5.74) is 1.59. The monoisotopic (exact) mass is 370 g/mol. The number of carbonyl (C=O) groups excluding carboxylic acids is 2. The zero-order valence-corrected chi connectivity index (χ0v) is 15.1. The first-order valence-corrected chi connectivity index (χ1v) is 9.05. The molecule has 0 saturated heterocycles. The fourth-order valence-electron chi connectivity index (χ4n) is 3.50. The van der Waals surface area contributed by atoms with Gasteiger partial charge >= 0.3 is 0 Å². The fourth-order valence-corrected chi connectivity index (χ4v) is 3.69. The first-order chi connectivity index (χ1) is 12.5. The predicted molar refractivity (Wildman–Crippen MR) is 101 cm³/mol. The maximum Gasteiger partial charge on any atom is 0.265 e. The highest BCUT2D eigenvalue weighted by Gasteiger charge is 2.45. The molecule has 1 unspecified atom stereocenters. The third-order valence-electron chi connectivity index (χ3n) is 5.19. The summed E-state index contributed by atoms with van der Waals surface area (Å²) in [4.78, 5) is 24.8. The topological polar surface area (TPSA) is 67.4 Å². The van der Waals surface area contributed by atoms with Gasteiger partial charge in [0.15, 0.2) is 6.10 Å². The number of amides is 2. The Balaban J connectivity index is 1.58. The van der Waals surface area contributed by atoms with Crippen molar-refractivity contribution in [3.8, 4) is 5.75 Å². The van der Waals surface area contributed by atoms with Crippen molar-refractivity contribution in [1.29, 1.82) is 0 Å². The number of benzene rings is 2. The van der Waals surface area contributed by atoms with Crippen molar-refractivity contribution in [3.05, 3.63) is 53.1 Å². The summed E-state index contributed by atoms with van der Waals surface area (Å²) < 4.78 is 5.55. The van der Waals surface area contributed by atoms with Crippen LogP contribution in [0.5, 0.6) is 5.75 Å². The lowest BCUT2D eigenvalue weighted by Gasteiger charge is -2.40. The van der Waals surface area contributed by atoms with Crippen molar-refractivity contribution >= 4 is 34.8 Å². The third kappa shape index (κ3) is 2.82. The third-order valence-corrected chi connectivity index (χ3v) is 5.42. The highest BCUT2D eigenvalue weighted by atomic mass is 35.5. The molecule has 0 bridgehead atoms. The van der Waals surface area contributed by atoms with Crippen LogP contribution >= 0.6 is 11.6 Å². The van der Waals surface area contributed by atoms with E-state index in [0.29, 0.717) is 22.1 Å². The van der Waals surface area contributed by atoms with Gasteiger partial charge in [0.05, 0.1) is 11.1 Å². The highest BCUT2D eigenvalue weighted by Crippen LogP contribution is 2.45. The van der Waals surface area contributed by atoms with E-state index in [2.05, 4.69) is 10.6 Å². The molecule has 1 atom stereocenters.